The predicted octanol–water partition coefficient (Wildman–Crippen LogP) is 1.78. The van der Waals surface area contributed by atoms with Crippen molar-refractivity contribution in [1.82, 2.24) is 4.90 Å². The smallest absolute Gasteiger partial charge is 0.233 e. The van der Waals surface area contributed by atoms with Crippen LogP contribution in [0.5, 0.6) is 5.75 Å². The van der Waals surface area contributed by atoms with Crippen LogP contribution in [0.3, 0.4) is 0 Å². The van der Waals surface area contributed by atoms with Crippen molar-refractivity contribution in [3.63, 3.8) is 0 Å². The van der Waals surface area contributed by atoms with E-state index >= 15 is 0 Å². The van der Waals surface area contributed by atoms with Crippen molar-refractivity contribution >= 4 is 21.8 Å². The molecule has 1 saturated heterocycles. The van der Waals surface area contributed by atoms with Crippen LogP contribution in [0.1, 0.15) is 11.5 Å². The summed E-state index contributed by atoms with van der Waals surface area (Å²) in [4.78, 5) is 14.5. The predicted molar refractivity (Wildman–Crippen MR) is 74.8 cm³/mol. The van der Waals surface area contributed by atoms with Crippen LogP contribution in [0.15, 0.2) is 24.3 Å². The monoisotopic (exact) mass is 325 g/mol. The Morgan fingerprint density at radius 2 is 2.26 bits per heavy atom. The van der Waals surface area contributed by atoms with Crippen molar-refractivity contribution < 1.29 is 14.3 Å². The molecule has 1 aromatic rings. The Balaban J connectivity index is 1.75. The molecule has 2 atom stereocenters. The molecular weight excluding hydrogens is 310 g/mol. The summed E-state index contributed by atoms with van der Waals surface area (Å²) in [5, 5.41) is 0.758. The molecule has 0 saturated carbocycles. The number of benzene rings is 1. The number of ether oxygens (including phenoxy) is 2. The van der Waals surface area contributed by atoms with Crippen molar-refractivity contribution in [2.24, 2.45) is 0 Å². The SMILES string of the molecule is O=C(C1COc2ccccc21)N1CCOC(CBr)C1. The van der Waals surface area contributed by atoms with Gasteiger partial charge in [0.25, 0.3) is 0 Å². The molecular formula is C14H16BrNO3. The third-order valence-corrected chi connectivity index (χ3v) is 4.34. The van der Waals surface area contributed by atoms with Gasteiger partial charge in [-0.3, -0.25) is 4.79 Å². The van der Waals surface area contributed by atoms with Crippen LogP contribution in [0, 0.1) is 0 Å². The molecule has 5 heteroatoms. The number of fused-ring (bicyclic) bond motifs is 1. The zero-order valence-corrected chi connectivity index (χ0v) is 12.1. The molecule has 0 bridgehead atoms. The summed E-state index contributed by atoms with van der Waals surface area (Å²) >= 11 is 3.41. The molecule has 2 heterocycles. The maximum Gasteiger partial charge on any atom is 0.233 e. The van der Waals surface area contributed by atoms with E-state index in [0.29, 0.717) is 26.3 Å². The molecule has 2 aliphatic heterocycles. The molecule has 2 unspecified atom stereocenters. The lowest BCUT2D eigenvalue weighted by atomic mass is 9.99. The van der Waals surface area contributed by atoms with Gasteiger partial charge in [-0.2, -0.15) is 0 Å². The summed E-state index contributed by atoms with van der Waals surface area (Å²) in [7, 11) is 0. The van der Waals surface area contributed by atoms with Gasteiger partial charge in [0.1, 0.15) is 18.3 Å². The van der Waals surface area contributed by atoms with E-state index in [2.05, 4.69) is 15.9 Å². The Kier molecular flexibility index (Phi) is 3.75. The van der Waals surface area contributed by atoms with Crippen molar-refractivity contribution in [1.29, 1.82) is 0 Å². The number of amides is 1. The number of alkyl halides is 1. The van der Waals surface area contributed by atoms with E-state index in [1.54, 1.807) is 0 Å². The van der Waals surface area contributed by atoms with Crippen molar-refractivity contribution in [3.05, 3.63) is 29.8 Å². The highest BCUT2D eigenvalue weighted by Crippen LogP contribution is 2.34. The van der Waals surface area contributed by atoms with Gasteiger partial charge in [0.2, 0.25) is 5.91 Å². The van der Waals surface area contributed by atoms with E-state index in [-0.39, 0.29) is 17.9 Å². The lowest BCUT2D eigenvalue weighted by Gasteiger charge is -2.33. The average Bonchev–Trinajstić information content (AvgIpc) is 2.90. The summed E-state index contributed by atoms with van der Waals surface area (Å²) in [6.07, 6.45) is 0.0928. The number of carbonyl (C=O) groups is 1. The maximum absolute atomic E-state index is 12.6. The summed E-state index contributed by atoms with van der Waals surface area (Å²) in [6.45, 7) is 2.38. The third-order valence-electron chi connectivity index (χ3n) is 3.62. The molecule has 102 valence electrons. The topological polar surface area (TPSA) is 38.8 Å². The third kappa shape index (κ3) is 2.49. The first-order chi connectivity index (χ1) is 9.29. The fourth-order valence-electron chi connectivity index (χ4n) is 2.60. The zero-order chi connectivity index (χ0) is 13.2. The molecule has 2 aliphatic rings. The van der Waals surface area contributed by atoms with Crippen LogP contribution < -0.4 is 4.74 Å². The van der Waals surface area contributed by atoms with E-state index in [4.69, 9.17) is 9.47 Å². The van der Waals surface area contributed by atoms with E-state index in [0.717, 1.165) is 16.6 Å². The average molecular weight is 326 g/mol. The molecule has 1 amide bonds. The standard InChI is InChI=1S/C14H16BrNO3/c15-7-10-8-16(5-6-18-10)14(17)12-9-19-13-4-2-1-3-11(12)13/h1-4,10,12H,5-9H2. The quantitative estimate of drug-likeness (QED) is 0.778. The van der Waals surface area contributed by atoms with Crippen LogP contribution in [0.25, 0.3) is 0 Å². The Morgan fingerprint density at radius 3 is 3.11 bits per heavy atom. The van der Waals surface area contributed by atoms with Gasteiger partial charge >= 0.3 is 0 Å². The lowest BCUT2D eigenvalue weighted by molar-refractivity contribution is -0.139. The molecule has 0 radical (unpaired) electrons. The minimum Gasteiger partial charge on any atom is -0.492 e. The van der Waals surface area contributed by atoms with Crippen molar-refractivity contribution in [2.75, 3.05) is 31.6 Å². The molecule has 19 heavy (non-hydrogen) atoms. The molecule has 3 rings (SSSR count). The normalized spacial score (nSPS) is 25.8. The Labute approximate surface area is 120 Å². The van der Waals surface area contributed by atoms with Crippen LogP contribution in [-0.2, 0) is 9.53 Å². The molecule has 1 aromatic carbocycles. The van der Waals surface area contributed by atoms with Gasteiger partial charge in [-0.05, 0) is 6.07 Å². The number of hydrogen-bond donors (Lipinski definition) is 0. The Bertz CT molecular complexity index is 480. The van der Waals surface area contributed by atoms with Gasteiger partial charge in [0.15, 0.2) is 0 Å². The molecule has 0 aliphatic carbocycles. The highest BCUT2D eigenvalue weighted by molar-refractivity contribution is 9.09. The van der Waals surface area contributed by atoms with E-state index in [1.807, 2.05) is 29.2 Å². The second kappa shape index (κ2) is 5.51. The second-order valence-electron chi connectivity index (χ2n) is 4.83. The van der Waals surface area contributed by atoms with Gasteiger partial charge in [-0.1, -0.05) is 34.1 Å². The fourth-order valence-corrected chi connectivity index (χ4v) is 2.99. The summed E-state index contributed by atoms with van der Waals surface area (Å²) in [5.74, 6) is 0.829. The maximum atomic E-state index is 12.6. The van der Waals surface area contributed by atoms with Crippen LogP contribution in [0.2, 0.25) is 0 Å². The highest BCUT2D eigenvalue weighted by atomic mass is 79.9. The number of hydrogen-bond acceptors (Lipinski definition) is 3. The summed E-state index contributed by atoms with van der Waals surface area (Å²) in [6, 6.07) is 7.78. The minimum absolute atomic E-state index is 0.0928. The number of carbonyl (C=O) groups excluding carboxylic acids is 1. The second-order valence-corrected chi connectivity index (χ2v) is 5.48. The van der Waals surface area contributed by atoms with Gasteiger partial charge < -0.3 is 14.4 Å². The van der Waals surface area contributed by atoms with Crippen molar-refractivity contribution in [2.45, 2.75) is 12.0 Å². The first-order valence-corrected chi connectivity index (χ1v) is 7.60. The highest BCUT2D eigenvalue weighted by Gasteiger charge is 2.35. The fraction of sp³-hybridized carbons (Fsp3) is 0.500. The first kappa shape index (κ1) is 12.9. The molecule has 0 aromatic heterocycles. The number of rotatable bonds is 2. The van der Waals surface area contributed by atoms with E-state index in [9.17, 15) is 4.79 Å². The number of halogens is 1. The molecule has 0 N–H and O–H groups in total. The van der Waals surface area contributed by atoms with Gasteiger partial charge in [-0.25, -0.2) is 0 Å². The van der Waals surface area contributed by atoms with Gasteiger partial charge in [0, 0.05) is 24.0 Å². The molecule has 0 spiro atoms. The Hall–Kier alpha value is -1.07. The number of nitrogens with zero attached hydrogens (tertiary/aromatic N) is 1. The minimum atomic E-state index is -0.162. The zero-order valence-electron chi connectivity index (χ0n) is 10.5. The first-order valence-electron chi connectivity index (χ1n) is 6.47. The van der Waals surface area contributed by atoms with E-state index in [1.165, 1.54) is 0 Å². The van der Waals surface area contributed by atoms with Crippen LogP contribution >= 0.6 is 15.9 Å². The van der Waals surface area contributed by atoms with E-state index < -0.39 is 0 Å². The molecule has 4 nitrogen and oxygen atoms in total. The lowest BCUT2D eigenvalue weighted by Crippen LogP contribution is -2.48. The van der Waals surface area contributed by atoms with Gasteiger partial charge in [0.05, 0.1) is 12.7 Å². The number of morpholine rings is 1. The largest absolute Gasteiger partial charge is 0.492 e. The number of para-hydroxylation sites is 1. The molecule has 1 fully saturated rings. The van der Waals surface area contributed by atoms with Crippen molar-refractivity contribution in [3.8, 4) is 5.75 Å². The van der Waals surface area contributed by atoms with Gasteiger partial charge in [-0.15, -0.1) is 0 Å². The summed E-state index contributed by atoms with van der Waals surface area (Å²) in [5.41, 5.74) is 1.01. The Morgan fingerprint density at radius 1 is 1.42 bits per heavy atom. The van der Waals surface area contributed by atoms with Crippen LogP contribution in [0.4, 0.5) is 0 Å². The van der Waals surface area contributed by atoms with Crippen LogP contribution in [-0.4, -0.2) is 48.5 Å². The summed E-state index contributed by atoms with van der Waals surface area (Å²) < 4.78 is 11.2.